The molecule has 6 heteroatoms. The Kier molecular flexibility index (Phi) is 5.08. The molecule has 0 aliphatic heterocycles. The summed E-state index contributed by atoms with van der Waals surface area (Å²) in [7, 11) is 0. The van der Waals surface area contributed by atoms with Gasteiger partial charge in [-0.15, -0.1) is 0 Å². The molecule has 1 saturated carbocycles. The van der Waals surface area contributed by atoms with Gasteiger partial charge in [0.2, 0.25) is 0 Å². The molecule has 3 N–H and O–H groups in total. The van der Waals surface area contributed by atoms with Crippen LogP contribution in [0.4, 0.5) is 5.69 Å². The smallest absolute Gasteiger partial charge is 0.313 e. The molecule has 1 aliphatic carbocycles. The fraction of sp³-hybridized carbons (Fsp3) is 0.500. The zero-order valence-electron chi connectivity index (χ0n) is 12.8. The van der Waals surface area contributed by atoms with Gasteiger partial charge in [-0.25, -0.2) is 0 Å². The van der Waals surface area contributed by atoms with Crippen LogP contribution >= 0.6 is 11.6 Å². The summed E-state index contributed by atoms with van der Waals surface area (Å²) in [5.74, 6) is -1.46. The van der Waals surface area contributed by atoms with Crippen molar-refractivity contribution >= 4 is 29.1 Å². The molecular formula is C16H21ClN2O3. The molecule has 0 bridgehead atoms. The highest BCUT2D eigenvalue weighted by Gasteiger charge is 2.39. The lowest BCUT2D eigenvalue weighted by Gasteiger charge is -2.29. The molecule has 1 fully saturated rings. The van der Waals surface area contributed by atoms with E-state index in [4.69, 9.17) is 11.6 Å². The van der Waals surface area contributed by atoms with Gasteiger partial charge in [0, 0.05) is 11.5 Å². The third kappa shape index (κ3) is 3.59. The summed E-state index contributed by atoms with van der Waals surface area (Å²) in [4.78, 5) is 24.0. The van der Waals surface area contributed by atoms with Crippen LogP contribution in [0.1, 0.15) is 31.7 Å². The van der Waals surface area contributed by atoms with Crippen molar-refractivity contribution in [2.24, 2.45) is 5.41 Å². The average Bonchev–Trinajstić information content (AvgIpc) is 2.83. The fourth-order valence-corrected chi connectivity index (χ4v) is 3.08. The Morgan fingerprint density at radius 1 is 1.41 bits per heavy atom. The van der Waals surface area contributed by atoms with Gasteiger partial charge in [0.05, 0.1) is 17.3 Å². The molecule has 2 amide bonds. The number of aliphatic hydroxyl groups is 1. The molecule has 2 unspecified atom stereocenters. The first kappa shape index (κ1) is 16.8. The number of hydrogen-bond donors (Lipinski definition) is 3. The summed E-state index contributed by atoms with van der Waals surface area (Å²) < 4.78 is 0. The number of aliphatic hydroxyl groups excluding tert-OH is 1. The van der Waals surface area contributed by atoms with Crippen molar-refractivity contribution in [1.29, 1.82) is 0 Å². The number of rotatable bonds is 3. The van der Waals surface area contributed by atoms with Gasteiger partial charge in [0.15, 0.2) is 0 Å². The minimum atomic E-state index is -0.752. The molecule has 0 radical (unpaired) electrons. The number of anilines is 1. The Balaban J connectivity index is 1.99. The van der Waals surface area contributed by atoms with Gasteiger partial charge < -0.3 is 15.7 Å². The van der Waals surface area contributed by atoms with Crippen molar-refractivity contribution in [3.05, 3.63) is 28.8 Å². The second-order valence-corrected chi connectivity index (χ2v) is 6.58. The van der Waals surface area contributed by atoms with Gasteiger partial charge in [-0.1, -0.05) is 31.0 Å². The maximum absolute atomic E-state index is 12.0. The third-order valence-corrected chi connectivity index (χ3v) is 4.64. The van der Waals surface area contributed by atoms with E-state index in [-0.39, 0.29) is 18.1 Å². The molecule has 22 heavy (non-hydrogen) atoms. The van der Waals surface area contributed by atoms with E-state index in [0.717, 1.165) is 24.8 Å². The van der Waals surface area contributed by atoms with Crippen molar-refractivity contribution < 1.29 is 14.7 Å². The monoisotopic (exact) mass is 324 g/mol. The number of nitrogens with one attached hydrogen (secondary N) is 2. The largest absolute Gasteiger partial charge is 0.396 e. The molecule has 2 rings (SSSR count). The summed E-state index contributed by atoms with van der Waals surface area (Å²) in [6.07, 6.45) is 2.52. The van der Waals surface area contributed by atoms with Crippen molar-refractivity contribution in [2.75, 3.05) is 11.9 Å². The fourth-order valence-electron chi connectivity index (χ4n) is 2.79. The van der Waals surface area contributed by atoms with Crippen molar-refractivity contribution in [2.45, 2.75) is 39.2 Å². The second kappa shape index (κ2) is 6.67. The predicted molar refractivity (Wildman–Crippen MR) is 85.8 cm³/mol. The summed E-state index contributed by atoms with van der Waals surface area (Å²) in [5.41, 5.74) is 1.01. The molecule has 0 spiro atoms. The Labute approximate surface area is 135 Å². The molecule has 0 saturated heterocycles. The van der Waals surface area contributed by atoms with Crippen LogP contribution in [-0.4, -0.2) is 29.6 Å². The van der Waals surface area contributed by atoms with E-state index in [2.05, 4.69) is 10.6 Å². The lowest BCUT2D eigenvalue weighted by Crippen LogP contribution is -2.48. The number of benzene rings is 1. The predicted octanol–water partition coefficient (Wildman–Crippen LogP) is 2.25. The first-order valence-electron chi connectivity index (χ1n) is 7.34. The number of hydrogen-bond acceptors (Lipinski definition) is 3. The van der Waals surface area contributed by atoms with E-state index in [1.54, 1.807) is 18.2 Å². The van der Waals surface area contributed by atoms with E-state index in [9.17, 15) is 14.7 Å². The summed E-state index contributed by atoms with van der Waals surface area (Å²) >= 11 is 6.04. The highest BCUT2D eigenvalue weighted by molar-refractivity contribution is 6.41. The van der Waals surface area contributed by atoms with Gasteiger partial charge in [-0.05, 0) is 37.5 Å². The molecule has 120 valence electrons. The quantitative estimate of drug-likeness (QED) is 0.746. The summed E-state index contributed by atoms with van der Waals surface area (Å²) in [6, 6.07) is 4.99. The maximum Gasteiger partial charge on any atom is 0.313 e. The molecular weight excluding hydrogens is 304 g/mol. The number of aryl methyl sites for hydroxylation is 1. The van der Waals surface area contributed by atoms with E-state index in [0.29, 0.717) is 10.7 Å². The molecule has 5 nitrogen and oxygen atoms in total. The SMILES string of the molecule is Cc1ccc(NC(=O)C(=O)NC2CCCC2(C)CO)c(Cl)c1. The molecule has 1 aliphatic rings. The van der Waals surface area contributed by atoms with Crippen LogP contribution < -0.4 is 10.6 Å². The van der Waals surface area contributed by atoms with Crippen molar-refractivity contribution in [1.82, 2.24) is 5.32 Å². The van der Waals surface area contributed by atoms with Gasteiger partial charge >= 0.3 is 11.8 Å². The maximum atomic E-state index is 12.0. The minimum Gasteiger partial charge on any atom is -0.396 e. The van der Waals surface area contributed by atoms with Crippen LogP contribution in [0.25, 0.3) is 0 Å². The number of carbonyl (C=O) groups is 2. The van der Waals surface area contributed by atoms with Gasteiger partial charge in [-0.3, -0.25) is 9.59 Å². The van der Waals surface area contributed by atoms with Crippen LogP contribution in [0, 0.1) is 12.3 Å². The highest BCUT2D eigenvalue weighted by Crippen LogP contribution is 2.37. The molecule has 2 atom stereocenters. The highest BCUT2D eigenvalue weighted by atomic mass is 35.5. The van der Waals surface area contributed by atoms with Gasteiger partial charge in [0.1, 0.15) is 0 Å². The average molecular weight is 325 g/mol. The minimum absolute atomic E-state index is 0.0106. The van der Waals surface area contributed by atoms with E-state index in [1.165, 1.54) is 0 Å². The molecule has 1 aromatic carbocycles. The normalized spacial score (nSPS) is 24.1. The van der Waals surface area contributed by atoms with Crippen molar-refractivity contribution in [3.63, 3.8) is 0 Å². The molecule has 1 aromatic rings. The molecule has 0 aromatic heterocycles. The number of amides is 2. The van der Waals surface area contributed by atoms with Crippen LogP contribution in [0.15, 0.2) is 18.2 Å². The second-order valence-electron chi connectivity index (χ2n) is 6.17. The summed E-state index contributed by atoms with van der Waals surface area (Å²) in [6.45, 7) is 3.79. The topological polar surface area (TPSA) is 78.4 Å². The zero-order valence-corrected chi connectivity index (χ0v) is 13.5. The Morgan fingerprint density at radius 3 is 2.77 bits per heavy atom. The van der Waals surface area contributed by atoms with Crippen LogP contribution in [0.3, 0.4) is 0 Å². The Bertz CT molecular complexity index is 591. The first-order valence-corrected chi connectivity index (χ1v) is 7.72. The standard InChI is InChI=1S/C16H21ClN2O3/c1-10-5-6-12(11(17)8-10)18-14(21)15(22)19-13-4-3-7-16(13,2)9-20/h5-6,8,13,20H,3-4,7,9H2,1-2H3,(H,18,21)(H,19,22). The Hall–Kier alpha value is -1.59. The van der Waals surface area contributed by atoms with Crippen molar-refractivity contribution in [3.8, 4) is 0 Å². The van der Waals surface area contributed by atoms with Crippen LogP contribution in [0.5, 0.6) is 0 Å². The number of halogens is 1. The summed E-state index contributed by atoms with van der Waals surface area (Å²) in [5, 5.41) is 15.1. The van der Waals surface area contributed by atoms with Crippen LogP contribution in [0.2, 0.25) is 5.02 Å². The third-order valence-electron chi connectivity index (χ3n) is 4.33. The zero-order chi connectivity index (χ0) is 16.3. The van der Waals surface area contributed by atoms with E-state index < -0.39 is 11.8 Å². The van der Waals surface area contributed by atoms with E-state index >= 15 is 0 Å². The lowest BCUT2D eigenvalue weighted by molar-refractivity contribution is -0.137. The van der Waals surface area contributed by atoms with E-state index in [1.807, 2.05) is 13.8 Å². The first-order chi connectivity index (χ1) is 10.4. The lowest BCUT2D eigenvalue weighted by atomic mass is 9.86. The Morgan fingerprint density at radius 2 is 2.14 bits per heavy atom. The van der Waals surface area contributed by atoms with Gasteiger partial charge in [0.25, 0.3) is 0 Å². The number of carbonyl (C=O) groups excluding carboxylic acids is 2. The van der Waals surface area contributed by atoms with Crippen LogP contribution in [-0.2, 0) is 9.59 Å². The molecule has 0 heterocycles. The van der Waals surface area contributed by atoms with Gasteiger partial charge in [-0.2, -0.15) is 0 Å².